The van der Waals surface area contributed by atoms with Crippen LogP contribution in [0.15, 0.2) is 16.5 Å². The number of nitrogens with zero attached hydrogens (tertiary/aromatic N) is 2. The molecule has 1 aromatic rings. The zero-order chi connectivity index (χ0) is 16.2. The Morgan fingerprint density at radius 2 is 2.13 bits per heavy atom. The van der Waals surface area contributed by atoms with Crippen molar-refractivity contribution in [2.75, 3.05) is 46.5 Å². The van der Waals surface area contributed by atoms with Crippen LogP contribution in [0.25, 0.3) is 0 Å². The van der Waals surface area contributed by atoms with E-state index in [1.165, 1.54) is 0 Å². The van der Waals surface area contributed by atoms with E-state index in [1.807, 2.05) is 17.9 Å². The molecule has 6 nitrogen and oxygen atoms in total. The molecule has 1 amide bonds. The smallest absolute Gasteiger partial charge is 0.289 e. The van der Waals surface area contributed by atoms with Crippen molar-refractivity contribution in [3.63, 3.8) is 0 Å². The minimum absolute atomic E-state index is 0.0137. The average molecular weight is 322 g/mol. The second kappa shape index (κ2) is 7.47. The second-order valence-corrected chi connectivity index (χ2v) is 6.29. The Labute approximate surface area is 137 Å². The van der Waals surface area contributed by atoms with Crippen LogP contribution in [-0.4, -0.2) is 74.4 Å². The number of methoxy groups -OCH3 is 1. The van der Waals surface area contributed by atoms with Crippen molar-refractivity contribution < 1.29 is 18.7 Å². The molecule has 3 rings (SSSR count). The molecule has 0 spiro atoms. The van der Waals surface area contributed by atoms with E-state index >= 15 is 0 Å². The summed E-state index contributed by atoms with van der Waals surface area (Å²) in [6.45, 7) is 6.68. The Balaban J connectivity index is 1.64. The predicted octanol–water partition coefficient (Wildman–Crippen LogP) is 1.54. The van der Waals surface area contributed by atoms with Crippen LogP contribution in [0.5, 0.6) is 0 Å². The van der Waals surface area contributed by atoms with Crippen LogP contribution in [0.2, 0.25) is 0 Å². The fourth-order valence-electron chi connectivity index (χ4n) is 3.56. The maximum Gasteiger partial charge on any atom is 0.289 e. The number of carbonyl (C=O) groups is 1. The molecular formula is C17H26N2O4. The highest BCUT2D eigenvalue weighted by molar-refractivity contribution is 5.91. The van der Waals surface area contributed by atoms with Crippen molar-refractivity contribution in [3.05, 3.63) is 23.7 Å². The Morgan fingerprint density at radius 1 is 1.30 bits per heavy atom. The van der Waals surface area contributed by atoms with Gasteiger partial charge in [-0.1, -0.05) is 0 Å². The molecule has 1 aromatic heterocycles. The lowest BCUT2D eigenvalue weighted by Gasteiger charge is -2.40. The van der Waals surface area contributed by atoms with Crippen LogP contribution < -0.4 is 0 Å². The summed E-state index contributed by atoms with van der Waals surface area (Å²) in [6, 6.07) is 3.97. The van der Waals surface area contributed by atoms with Gasteiger partial charge in [-0.05, 0) is 31.9 Å². The molecule has 6 heteroatoms. The number of fused-ring (bicyclic) bond motifs is 1. The van der Waals surface area contributed by atoms with Gasteiger partial charge in [0, 0.05) is 39.3 Å². The molecule has 2 aliphatic rings. The summed E-state index contributed by atoms with van der Waals surface area (Å²) in [7, 11) is 1.73. The maximum absolute atomic E-state index is 12.6. The normalized spacial score (nSPS) is 25.9. The summed E-state index contributed by atoms with van der Waals surface area (Å²) >= 11 is 0. The number of likely N-dealkylation sites (tertiary alicyclic amines) is 1. The van der Waals surface area contributed by atoms with E-state index < -0.39 is 0 Å². The summed E-state index contributed by atoms with van der Waals surface area (Å²) in [6.07, 6.45) is 2.01. The Kier molecular flexibility index (Phi) is 5.35. The maximum atomic E-state index is 12.6. The third-order valence-corrected chi connectivity index (χ3v) is 4.81. The van der Waals surface area contributed by atoms with E-state index in [0.29, 0.717) is 11.8 Å². The lowest BCUT2D eigenvalue weighted by atomic mass is 10.0. The van der Waals surface area contributed by atoms with Crippen LogP contribution in [-0.2, 0) is 9.47 Å². The Hall–Kier alpha value is -1.37. The molecule has 128 valence electrons. The number of furan rings is 1. The molecule has 3 heterocycles. The van der Waals surface area contributed by atoms with Crippen LogP contribution in [0.4, 0.5) is 0 Å². The van der Waals surface area contributed by atoms with Crippen molar-refractivity contribution in [2.24, 2.45) is 0 Å². The minimum Gasteiger partial charge on any atom is -0.456 e. The molecule has 0 saturated carbocycles. The van der Waals surface area contributed by atoms with Crippen LogP contribution in [0, 0.1) is 6.92 Å². The number of hydrogen-bond acceptors (Lipinski definition) is 5. The lowest BCUT2D eigenvalue weighted by Crippen LogP contribution is -2.52. The number of amides is 1. The standard InChI is InChI=1S/C17H26N2O4/c1-13-3-4-16(23-13)17(20)19-7-5-14-15(6-8-19)22-12-10-18(14)9-11-21-2/h3-4,14-15H,5-12H2,1-2H3. The fourth-order valence-corrected chi connectivity index (χ4v) is 3.56. The van der Waals surface area contributed by atoms with Crippen LogP contribution in [0.3, 0.4) is 0 Å². The van der Waals surface area contributed by atoms with E-state index in [9.17, 15) is 4.79 Å². The quantitative estimate of drug-likeness (QED) is 0.842. The van der Waals surface area contributed by atoms with Gasteiger partial charge in [0.1, 0.15) is 5.76 Å². The monoisotopic (exact) mass is 322 g/mol. The molecule has 2 atom stereocenters. The van der Waals surface area contributed by atoms with Gasteiger partial charge in [-0.3, -0.25) is 9.69 Å². The van der Waals surface area contributed by atoms with Crippen molar-refractivity contribution in [3.8, 4) is 0 Å². The van der Waals surface area contributed by atoms with Gasteiger partial charge < -0.3 is 18.8 Å². The van der Waals surface area contributed by atoms with E-state index in [1.54, 1.807) is 13.2 Å². The van der Waals surface area contributed by atoms with Crippen LogP contribution in [0.1, 0.15) is 29.2 Å². The minimum atomic E-state index is -0.0137. The molecule has 2 saturated heterocycles. The molecule has 0 bridgehead atoms. The van der Waals surface area contributed by atoms with Gasteiger partial charge in [0.05, 0.1) is 19.3 Å². The van der Waals surface area contributed by atoms with Gasteiger partial charge in [-0.25, -0.2) is 0 Å². The van der Waals surface area contributed by atoms with Gasteiger partial charge in [0.15, 0.2) is 5.76 Å². The van der Waals surface area contributed by atoms with Crippen molar-refractivity contribution in [1.29, 1.82) is 0 Å². The number of hydrogen-bond donors (Lipinski definition) is 0. The van der Waals surface area contributed by atoms with E-state index in [-0.39, 0.29) is 12.0 Å². The third-order valence-electron chi connectivity index (χ3n) is 4.81. The molecule has 0 radical (unpaired) electrons. The predicted molar refractivity (Wildman–Crippen MR) is 85.6 cm³/mol. The summed E-state index contributed by atoms with van der Waals surface area (Å²) in [5.74, 6) is 1.19. The number of carbonyl (C=O) groups excluding carboxylic acids is 1. The summed E-state index contributed by atoms with van der Waals surface area (Å²) in [5.41, 5.74) is 0. The Bertz CT molecular complexity index is 530. The van der Waals surface area contributed by atoms with Gasteiger partial charge in [-0.15, -0.1) is 0 Å². The topological polar surface area (TPSA) is 55.2 Å². The first-order chi connectivity index (χ1) is 11.2. The molecule has 2 fully saturated rings. The van der Waals surface area contributed by atoms with Gasteiger partial charge in [0.25, 0.3) is 5.91 Å². The molecule has 23 heavy (non-hydrogen) atoms. The fraction of sp³-hybridized carbons (Fsp3) is 0.706. The summed E-state index contributed by atoms with van der Waals surface area (Å²) < 4.78 is 16.7. The molecule has 0 N–H and O–H groups in total. The first kappa shape index (κ1) is 16.5. The number of morpholine rings is 1. The largest absolute Gasteiger partial charge is 0.456 e. The Morgan fingerprint density at radius 3 is 2.87 bits per heavy atom. The SMILES string of the molecule is COCCN1CCOC2CCN(C(=O)c3ccc(C)o3)CCC21. The molecule has 0 aromatic carbocycles. The van der Waals surface area contributed by atoms with Crippen molar-refractivity contribution in [1.82, 2.24) is 9.80 Å². The van der Waals surface area contributed by atoms with E-state index in [0.717, 1.165) is 58.0 Å². The van der Waals surface area contributed by atoms with Gasteiger partial charge in [-0.2, -0.15) is 0 Å². The lowest BCUT2D eigenvalue weighted by molar-refractivity contribution is -0.0761. The highest BCUT2D eigenvalue weighted by atomic mass is 16.5. The van der Waals surface area contributed by atoms with Gasteiger partial charge >= 0.3 is 0 Å². The zero-order valence-electron chi connectivity index (χ0n) is 14.0. The van der Waals surface area contributed by atoms with Gasteiger partial charge in [0.2, 0.25) is 0 Å². The zero-order valence-corrected chi connectivity index (χ0v) is 14.0. The second-order valence-electron chi connectivity index (χ2n) is 6.29. The van der Waals surface area contributed by atoms with Crippen molar-refractivity contribution >= 4 is 5.91 Å². The highest BCUT2D eigenvalue weighted by Crippen LogP contribution is 2.24. The van der Waals surface area contributed by atoms with Crippen LogP contribution >= 0.6 is 0 Å². The first-order valence-corrected chi connectivity index (χ1v) is 8.39. The molecule has 0 aliphatic carbocycles. The molecular weight excluding hydrogens is 296 g/mol. The molecule has 2 aliphatic heterocycles. The van der Waals surface area contributed by atoms with Crippen molar-refractivity contribution in [2.45, 2.75) is 31.9 Å². The summed E-state index contributed by atoms with van der Waals surface area (Å²) in [4.78, 5) is 16.9. The molecule has 2 unspecified atom stereocenters. The summed E-state index contributed by atoms with van der Waals surface area (Å²) in [5, 5.41) is 0. The number of aryl methyl sites for hydroxylation is 1. The number of ether oxygens (including phenoxy) is 2. The number of rotatable bonds is 4. The highest BCUT2D eigenvalue weighted by Gasteiger charge is 2.35. The van der Waals surface area contributed by atoms with E-state index in [2.05, 4.69) is 4.90 Å². The first-order valence-electron chi connectivity index (χ1n) is 8.39. The third kappa shape index (κ3) is 3.76. The van der Waals surface area contributed by atoms with E-state index in [4.69, 9.17) is 13.9 Å². The average Bonchev–Trinajstić information content (AvgIpc) is 2.87.